The molecule has 9 nitrogen and oxygen atoms in total. The standard InChI is InChI=1S/C15H19N3O6S/c1-15(2,3)24-13(22)12-18-9(14(23-4)25-12)11(21)16-7-5-6-8(19)17-10(7)20/h7H,5-6H2,1-4H3,(H,16,21)(H,17,19,20). The summed E-state index contributed by atoms with van der Waals surface area (Å²) in [7, 11) is 1.34. The fourth-order valence-electron chi connectivity index (χ4n) is 2.05. The first-order chi connectivity index (χ1) is 11.6. The van der Waals surface area contributed by atoms with E-state index in [0.717, 1.165) is 11.3 Å². The molecule has 1 fully saturated rings. The highest BCUT2D eigenvalue weighted by Crippen LogP contribution is 2.28. The first-order valence-corrected chi connectivity index (χ1v) is 8.35. The first-order valence-electron chi connectivity index (χ1n) is 7.53. The molecule has 1 aromatic heterocycles. The Morgan fingerprint density at radius 2 is 2.00 bits per heavy atom. The van der Waals surface area contributed by atoms with Gasteiger partial charge >= 0.3 is 5.97 Å². The molecular formula is C15H19N3O6S. The van der Waals surface area contributed by atoms with Crippen molar-refractivity contribution < 1.29 is 28.7 Å². The number of carbonyl (C=O) groups is 4. The summed E-state index contributed by atoms with van der Waals surface area (Å²) in [4.78, 5) is 51.3. The van der Waals surface area contributed by atoms with Crippen LogP contribution in [-0.2, 0) is 14.3 Å². The molecule has 10 heteroatoms. The van der Waals surface area contributed by atoms with Crippen LogP contribution in [0.1, 0.15) is 53.9 Å². The minimum Gasteiger partial charge on any atom is -0.485 e. The summed E-state index contributed by atoms with van der Waals surface area (Å²) < 4.78 is 10.3. The Morgan fingerprint density at radius 3 is 2.56 bits per heavy atom. The average Bonchev–Trinajstić information content (AvgIpc) is 2.93. The van der Waals surface area contributed by atoms with Gasteiger partial charge in [0.2, 0.25) is 21.9 Å². The number of nitrogens with one attached hydrogen (secondary N) is 2. The predicted molar refractivity (Wildman–Crippen MR) is 87.5 cm³/mol. The molecule has 0 aliphatic carbocycles. The summed E-state index contributed by atoms with van der Waals surface area (Å²) in [5.41, 5.74) is -0.816. The lowest BCUT2D eigenvalue weighted by atomic mass is 10.1. The van der Waals surface area contributed by atoms with Crippen LogP contribution < -0.4 is 15.4 Å². The number of piperidine rings is 1. The number of hydrogen-bond donors (Lipinski definition) is 2. The zero-order valence-electron chi connectivity index (χ0n) is 14.3. The van der Waals surface area contributed by atoms with Gasteiger partial charge in [0.05, 0.1) is 7.11 Å². The lowest BCUT2D eigenvalue weighted by Gasteiger charge is -2.21. The lowest BCUT2D eigenvalue weighted by molar-refractivity contribution is -0.134. The SMILES string of the molecule is COc1sc(C(=O)OC(C)(C)C)nc1C(=O)NC1CCC(=O)NC1=O. The Balaban J connectivity index is 2.15. The summed E-state index contributed by atoms with van der Waals surface area (Å²) >= 11 is 0.876. The molecule has 1 unspecified atom stereocenters. The van der Waals surface area contributed by atoms with Crippen molar-refractivity contribution in [1.82, 2.24) is 15.6 Å². The number of nitrogens with zero attached hydrogens (tertiary/aromatic N) is 1. The number of ether oxygens (including phenoxy) is 2. The minimum absolute atomic E-state index is 0.0276. The Hall–Kier alpha value is -2.49. The van der Waals surface area contributed by atoms with Crippen LogP contribution in [0.4, 0.5) is 0 Å². The Bertz CT molecular complexity index is 721. The van der Waals surface area contributed by atoms with Gasteiger partial charge in [0, 0.05) is 6.42 Å². The number of methoxy groups -OCH3 is 1. The highest BCUT2D eigenvalue weighted by Gasteiger charge is 2.31. The van der Waals surface area contributed by atoms with Crippen LogP contribution in [0.5, 0.6) is 5.06 Å². The molecule has 2 rings (SSSR count). The van der Waals surface area contributed by atoms with E-state index in [-0.39, 0.29) is 34.5 Å². The van der Waals surface area contributed by atoms with E-state index >= 15 is 0 Å². The van der Waals surface area contributed by atoms with Gasteiger partial charge in [0.1, 0.15) is 11.6 Å². The zero-order valence-corrected chi connectivity index (χ0v) is 15.1. The van der Waals surface area contributed by atoms with Crippen molar-refractivity contribution in [3.05, 3.63) is 10.7 Å². The maximum absolute atomic E-state index is 12.4. The third-order valence-electron chi connectivity index (χ3n) is 3.11. The molecule has 0 bridgehead atoms. The number of hydrogen-bond acceptors (Lipinski definition) is 8. The Morgan fingerprint density at radius 1 is 1.32 bits per heavy atom. The van der Waals surface area contributed by atoms with Gasteiger partial charge in [0.15, 0.2) is 5.69 Å². The van der Waals surface area contributed by atoms with Crippen LogP contribution in [0.3, 0.4) is 0 Å². The zero-order chi connectivity index (χ0) is 18.8. The molecule has 1 saturated heterocycles. The van der Waals surface area contributed by atoms with E-state index in [4.69, 9.17) is 9.47 Å². The van der Waals surface area contributed by atoms with E-state index in [1.807, 2.05) is 0 Å². The Kier molecular flexibility index (Phi) is 5.41. The molecule has 3 amide bonds. The van der Waals surface area contributed by atoms with Gasteiger partial charge in [-0.05, 0) is 27.2 Å². The van der Waals surface area contributed by atoms with Crippen molar-refractivity contribution in [2.24, 2.45) is 0 Å². The number of imide groups is 1. The average molecular weight is 369 g/mol. The van der Waals surface area contributed by atoms with Crippen molar-refractivity contribution in [3.8, 4) is 5.06 Å². The van der Waals surface area contributed by atoms with Gasteiger partial charge in [-0.15, -0.1) is 0 Å². The first kappa shape index (κ1) is 18.8. The van der Waals surface area contributed by atoms with Crippen LogP contribution in [0.2, 0.25) is 0 Å². The quantitative estimate of drug-likeness (QED) is 0.589. The number of rotatable bonds is 4. The van der Waals surface area contributed by atoms with Crippen LogP contribution >= 0.6 is 11.3 Å². The fourth-order valence-corrected chi connectivity index (χ4v) is 2.81. The van der Waals surface area contributed by atoms with E-state index in [1.165, 1.54) is 7.11 Å². The van der Waals surface area contributed by atoms with Gasteiger partial charge in [0.25, 0.3) is 5.91 Å². The lowest BCUT2D eigenvalue weighted by Crippen LogP contribution is -2.52. The Labute approximate surface area is 148 Å². The molecule has 0 spiro atoms. The predicted octanol–water partition coefficient (Wildman–Crippen LogP) is 0.642. The maximum Gasteiger partial charge on any atom is 0.368 e. The van der Waals surface area contributed by atoms with Crippen molar-refractivity contribution in [2.75, 3.05) is 7.11 Å². The van der Waals surface area contributed by atoms with Crippen LogP contribution in [-0.4, -0.2) is 47.4 Å². The summed E-state index contributed by atoms with van der Waals surface area (Å²) in [5.74, 6) is -2.30. The molecule has 25 heavy (non-hydrogen) atoms. The maximum atomic E-state index is 12.4. The molecule has 1 atom stereocenters. The molecule has 0 aromatic carbocycles. The largest absolute Gasteiger partial charge is 0.485 e. The second kappa shape index (κ2) is 7.18. The minimum atomic E-state index is -0.846. The topological polar surface area (TPSA) is 124 Å². The van der Waals surface area contributed by atoms with Gasteiger partial charge in [-0.2, -0.15) is 0 Å². The third kappa shape index (κ3) is 4.75. The molecule has 2 N–H and O–H groups in total. The number of carbonyl (C=O) groups excluding carboxylic acids is 4. The van der Waals surface area contributed by atoms with Crippen molar-refractivity contribution >= 4 is 35.0 Å². The van der Waals surface area contributed by atoms with Gasteiger partial charge < -0.3 is 14.8 Å². The number of amides is 3. The molecule has 1 aliphatic heterocycles. The van der Waals surface area contributed by atoms with E-state index in [9.17, 15) is 19.2 Å². The van der Waals surface area contributed by atoms with E-state index in [1.54, 1.807) is 20.8 Å². The molecule has 1 aliphatic rings. The van der Waals surface area contributed by atoms with E-state index in [2.05, 4.69) is 15.6 Å². The third-order valence-corrected chi connectivity index (χ3v) is 4.11. The molecule has 1 aromatic rings. The monoisotopic (exact) mass is 369 g/mol. The van der Waals surface area contributed by atoms with E-state index < -0.39 is 29.4 Å². The van der Waals surface area contributed by atoms with E-state index in [0.29, 0.717) is 0 Å². The summed E-state index contributed by atoms with van der Waals surface area (Å²) in [6.45, 7) is 5.14. The smallest absolute Gasteiger partial charge is 0.368 e. The van der Waals surface area contributed by atoms with Crippen molar-refractivity contribution in [1.29, 1.82) is 0 Å². The summed E-state index contributed by atoms with van der Waals surface area (Å²) in [5, 5.41) is 4.74. The van der Waals surface area contributed by atoms with Gasteiger partial charge in [-0.3, -0.25) is 19.7 Å². The summed E-state index contributed by atoms with van der Waals surface area (Å²) in [6.07, 6.45) is 0.329. The molecule has 0 radical (unpaired) electrons. The number of aromatic nitrogens is 1. The molecular weight excluding hydrogens is 350 g/mol. The van der Waals surface area contributed by atoms with Crippen molar-refractivity contribution in [3.63, 3.8) is 0 Å². The normalized spacial score (nSPS) is 17.7. The van der Waals surface area contributed by atoms with Crippen LogP contribution in [0, 0.1) is 0 Å². The van der Waals surface area contributed by atoms with Crippen LogP contribution in [0.25, 0.3) is 0 Å². The molecule has 0 saturated carbocycles. The molecule has 136 valence electrons. The molecule has 2 heterocycles. The van der Waals surface area contributed by atoms with Gasteiger partial charge in [-0.25, -0.2) is 9.78 Å². The van der Waals surface area contributed by atoms with Gasteiger partial charge in [-0.1, -0.05) is 11.3 Å². The second-order valence-corrected chi connectivity index (χ2v) is 7.30. The second-order valence-electron chi connectivity index (χ2n) is 6.34. The fraction of sp³-hybridized carbons (Fsp3) is 0.533. The number of esters is 1. The van der Waals surface area contributed by atoms with Crippen molar-refractivity contribution in [2.45, 2.75) is 45.3 Å². The van der Waals surface area contributed by atoms with Crippen LogP contribution in [0.15, 0.2) is 0 Å². The highest BCUT2D eigenvalue weighted by atomic mass is 32.1. The summed E-state index contributed by atoms with van der Waals surface area (Å²) in [6, 6.07) is -0.846. The highest BCUT2D eigenvalue weighted by molar-refractivity contribution is 7.15. The number of thiazole rings is 1.